The minimum Gasteiger partial charge on any atom is -0.338 e. The SMILES string of the molecule is C[C@@H](c1cccc(NC(=O)c2ccccc2)c1)N(C)CC(=O)N(C)[C@@H](C)c1ccccc1. The highest BCUT2D eigenvalue weighted by atomic mass is 16.2. The van der Waals surface area contributed by atoms with Gasteiger partial charge in [-0.25, -0.2) is 0 Å². The van der Waals surface area contributed by atoms with E-state index in [0.29, 0.717) is 12.1 Å². The molecule has 0 unspecified atom stereocenters. The molecular formula is C27H31N3O2. The molecule has 5 nitrogen and oxygen atoms in total. The molecular weight excluding hydrogens is 398 g/mol. The van der Waals surface area contributed by atoms with Crippen LogP contribution < -0.4 is 5.32 Å². The molecule has 2 atom stereocenters. The van der Waals surface area contributed by atoms with Crippen molar-refractivity contribution in [3.63, 3.8) is 0 Å². The Bertz CT molecular complexity index is 1040. The van der Waals surface area contributed by atoms with E-state index in [0.717, 1.165) is 16.8 Å². The van der Waals surface area contributed by atoms with E-state index < -0.39 is 0 Å². The number of nitrogens with zero attached hydrogens (tertiary/aromatic N) is 2. The first-order valence-electron chi connectivity index (χ1n) is 10.8. The second kappa shape index (κ2) is 10.7. The van der Waals surface area contributed by atoms with Crippen molar-refractivity contribution >= 4 is 17.5 Å². The Balaban J connectivity index is 1.62. The van der Waals surface area contributed by atoms with Gasteiger partial charge in [-0.15, -0.1) is 0 Å². The summed E-state index contributed by atoms with van der Waals surface area (Å²) in [5.41, 5.74) is 3.49. The number of nitrogens with one attached hydrogen (secondary N) is 1. The summed E-state index contributed by atoms with van der Waals surface area (Å²) in [5.74, 6) is -0.0836. The molecule has 0 bridgehead atoms. The molecule has 32 heavy (non-hydrogen) atoms. The van der Waals surface area contributed by atoms with E-state index in [9.17, 15) is 9.59 Å². The molecule has 3 rings (SSSR count). The third kappa shape index (κ3) is 5.83. The number of amides is 2. The smallest absolute Gasteiger partial charge is 0.255 e. The van der Waals surface area contributed by atoms with Crippen LogP contribution in [0.1, 0.15) is 47.4 Å². The molecule has 0 saturated carbocycles. The van der Waals surface area contributed by atoms with Crippen molar-refractivity contribution < 1.29 is 9.59 Å². The van der Waals surface area contributed by atoms with E-state index in [-0.39, 0.29) is 23.9 Å². The highest BCUT2D eigenvalue weighted by Gasteiger charge is 2.21. The number of carbonyl (C=O) groups excluding carboxylic acids is 2. The van der Waals surface area contributed by atoms with Gasteiger partial charge in [0.25, 0.3) is 5.91 Å². The molecule has 166 valence electrons. The predicted octanol–water partition coefficient (Wildman–Crippen LogP) is 5.15. The topological polar surface area (TPSA) is 52.7 Å². The summed E-state index contributed by atoms with van der Waals surface area (Å²) >= 11 is 0. The van der Waals surface area contributed by atoms with E-state index in [4.69, 9.17) is 0 Å². The van der Waals surface area contributed by atoms with Gasteiger partial charge >= 0.3 is 0 Å². The highest BCUT2D eigenvalue weighted by molar-refractivity contribution is 6.04. The fourth-order valence-electron chi connectivity index (χ4n) is 3.56. The average Bonchev–Trinajstić information content (AvgIpc) is 2.83. The zero-order valence-corrected chi connectivity index (χ0v) is 19.2. The van der Waals surface area contributed by atoms with Crippen molar-refractivity contribution in [3.05, 3.63) is 102 Å². The van der Waals surface area contributed by atoms with Crippen molar-refractivity contribution in [1.29, 1.82) is 0 Å². The summed E-state index contributed by atoms with van der Waals surface area (Å²) in [6.07, 6.45) is 0. The Kier molecular flexibility index (Phi) is 7.79. The molecule has 1 N–H and O–H groups in total. The largest absolute Gasteiger partial charge is 0.338 e. The number of hydrogen-bond acceptors (Lipinski definition) is 3. The van der Waals surface area contributed by atoms with Crippen LogP contribution in [-0.4, -0.2) is 42.3 Å². The lowest BCUT2D eigenvalue weighted by molar-refractivity contribution is -0.133. The first-order chi connectivity index (χ1) is 15.4. The van der Waals surface area contributed by atoms with Gasteiger partial charge in [-0.2, -0.15) is 0 Å². The van der Waals surface area contributed by atoms with Crippen molar-refractivity contribution in [2.45, 2.75) is 25.9 Å². The van der Waals surface area contributed by atoms with Crippen LogP contribution in [0, 0.1) is 0 Å². The van der Waals surface area contributed by atoms with Crippen LogP contribution in [0.2, 0.25) is 0 Å². The maximum atomic E-state index is 12.9. The minimum atomic E-state index is -0.143. The second-order valence-corrected chi connectivity index (χ2v) is 8.13. The van der Waals surface area contributed by atoms with Crippen molar-refractivity contribution in [2.24, 2.45) is 0 Å². The predicted molar refractivity (Wildman–Crippen MR) is 130 cm³/mol. The number of likely N-dealkylation sites (N-methyl/N-ethyl adjacent to an activating group) is 2. The van der Waals surface area contributed by atoms with Crippen LogP contribution in [0.25, 0.3) is 0 Å². The molecule has 3 aromatic rings. The van der Waals surface area contributed by atoms with Gasteiger partial charge < -0.3 is 10.2 Å². The monoisotopic (exact) mass is 429 g/mol. The lowest BCUT2D eigenvalue weighted by atomic mass is 10.1. The number of anilines is 1. The van der Waals surface area contributed by atoms with E-state index in [1.54, 1.807) is 17.0 Å². The number of carbonyl (C=O) groups is 2. The summed E-state index contributed by atoms with van der Waals surface area (Å²) in [4.78, 5) is 29.2. The van der Waals surface area contributed by atoms with Crippen LogP contribution in [-0.2, 0) is 4.79 Å². The van der Waals surface area contributed by atoms with Crippen molar-refractivity contribution in [2.75, 3.05) is 26.0 Å². The molecule has 0 aliphatic rings. The fraction of sp³-hybridized carbons (Fsp3) is 0.259. The molecule has 5 heteroatoms. The summed E-state index contributed by atoms with van der Waals surface area (Å²) in [6, 6.07) is 26.9. The van der Waals surface area contributed by atoms with Crippen LogP contribution in [0.4, 0.5) is 5.69 Å². The first kappa shape index (κ1) is 23.2. The van der Waals surface area contributed by atoms with Gasteiger partial charge in [-0.05, 0) is 56.3 Å². The van der Waals surface area contributed by atoms with Gasteiger partial charge in [0.1, 0.15) is 0 Å². The Labute approximate surface area is 190 Å². The number of hydrogen-bond donors (Lipinski definition) is 1. The van der Waals surface area contributed by atoms with E-state index in [1.807, 2.05) is 98.7 Å². The molecule has 3 aromatic carbocycles. The van der Waals surface area contributed by atoms with Gasteiger partial charge in [-0.3, -0.25) is 14.5 Å². The normalized spacial score (nSPS) is 12.8. The number of rotatable bonds is 8. The third-order valence-corrected chi connectivity index (χ3v) is 5.97. The van der Waals surface area contributed by atoms with Crippen LogP contribution >= 0.6 is 0 Å². The molecule has 0 fully saturated rings. The molecule has 0 radical (unpaired) electrons. The molecule has 0 spiro atoms. The molecule has 0 aliphatic carbocycles. The van der Waals surface area contributed by atoms with Gasteiger partial charge in [-0.1, -0.05) is 60.7 Å². The van der Waals surface area contributed by atoms with Crippen molar-refractivity contribution in [1.82, 2.24) is 9.80 Å². The average molecular weight is 430 g/mol. The Morgan fingerprint density at radius 1 is 0.781 bits per heavy atom. The lowest BCUT2D eigenvalue weighted by Gasteiger charge is -2.30. The van der Waals surface area contributed by atoms with Gasteiger partial charge in [0.2, 0.25) is 5.91 Å². The summed E-state index contributed by atoms with van der Waals surface area (Å²) < 4.78 is 0. The molecule has 0 aliphatic heterocycles. The number of benzene rings is 3. The summed E-state index contributed by atoms with van der Waals surface area (Å²) in [6.45, 7) is 4.40. The molecule has 0 heterocycles. The second-order valence-electron chi connectivity index (χ2n) is 8.13. The molecule has 0 aromatic heterocycles. The summed E-state index contributed by atoms with van der Waals surface area (Å²) in [7, 11) is 3.79. The minimum absolute atomic E-state index is 0.00364. The maximum absolute atomic E-state index is 12.9. The highest BCUT2D eigenvalue weighted by Crippen LogP contribution is 2.23. The van der Waals surface area contributed by atoms with E-state index >= 15 is 0 Å². The summed E-state index contributed by atoms with van der Waals surface area (Å²) in [5, 5.41) is 2.95. The lowest BCUT2D eigenvalue weighted by Crippen LogP contribution is -2.38. The zero-order valence-electron chi connectivity index (χ0n) is 19.2. The van der Waals surface area contributed by atoms with Crippen LogP contribution in [0.5, 0.6) is 0 Å². The van der Waals surface area contributed by atoms with E-state index in [2.05, 4.69) is 12.2 Å². The maximum Gasteiger partial charge on any atom is 0.255 e. The van der Waals surface area contributed by atoms with Gasteiger partial charge in [0.15, 0.2) is 0 Å². The Morgan fingerprint density at radius 3 is 2.03 bits per heavy atom. The van der Waals surface area contributed by atoms with Crippen LogP contribution in [0.15, 0.2) is 84.9 Å². The zero-order chi connectivity index (χ0) is 23.1. The Morgan fingerprint density at radius 2 is 1.38 bits per heavy atom. The Hall–Kier alpha value is -3.44. The fourth-order valence-corrected chi connectivity index (χ4v) is 3.56. The van der Waals surface area contributed by atoms with Crippen molar-refractivity contribution in [3.8, 4) is 0 Å². The standard InChI is InChI=1S/C27H31N3O2/c1-20(29(3)19-26(31)30(4)21(2)22-12-7-5-8-13-22)24-16-11-17-25(18-24)28-27(32)23-14-9-6-10-15-23/h5-18,20-21H,19H2,1-4H3,(H,28,32)/t20-,21-/m0/s1. The van der Waals surface area contributed by atoms with Crippen LogP contribution in [0.3, 0.4) is 0 Å². The molecule has 2 amide bonds. The van der Waals surface area contributed by atoms with Gasteiger partial charge in [0, 0.05) is 24.3 Å². The van der Waals surface area contributed by atoms with Gasteiger partial charge in [0.05, 0.1) is 12.6 Å². The quantitative estimate of drug-likeness (QED) is 0.539. The van der Waals surface area contributed by atoms with E-state index in [1.165, 1.54) is 0 Å². The first-order valence-corrected chi connectivity index (χ1v) is 10.8. The third-order valence-electron chi connectivity index (χ3n) is 5.97. The molecule has 0 saturated heterocycles.